The van der Waals surface area contributed by atoms with Crippen molar-refractivity contribution in [3.05, 3.63) is 35.4 Å². The molecule has 14 heavy (non-hydrogen) atoms. The standard InChI is InChI=1S/C12H19NO/c1-10(2)9-12-5-3-11(4-6-12)7-8-14-13/h3-6,10H,7-9,13H2,1-2H3. The molecule has 0 fully saturated rings. The Labute approximate surface area is 86.0 Å². The molecule has 2 heteroatoms. The molecule has 0 heterocycles. The zero-order valence-electron chi connectivity index (χ0n) is 8.99. The highest BCUT2D eigenvalue weighted by Crippen LogP contribution is 2.10. The summed E-state index contributed by atoms with van der Waals surface area (Å²) < 4.78 is 0. The lowest BCUT2D eigenvalue weighted by molar-refractivity contribution is 0.141. The molecule has 0 atom stereocenters. The summed E-state index contributed by atoms with van der Waals surface area (Å²) >= 11 is 0. The second-order valence-electron chi connectivity index (χ2n) is 4.04. The molecule has 0 aliphatic rings. The summed E-state index contributed by atoms with van der Waals surface area (Å²) in [6, 6.07) is 8.67. The summed E-state index contributed by atoms with van der Waals surface area (Å²) in [7, 11) is 0. The molecule has 0 amide bonds. The second-order valence-corrected chi connectivity index (χ2v) is 4.04. The number of benzene rings is 1. The smallest absolute Gasteiger partial charge is 0.0719 e. The van der Waals surface area contributed by atoms with Crippen molar-refractivity contribution in [2.24, 2.45) is 11.8 Å². The molecule has 0 saturated heterocycles. The lowest BCUT2D eigenvalue weighted by atomic mass is 10.0. The van der Waals surface area contributed by atoms with Crippen molar-refractivity contribution in [1.29, 1.82) is 0 Å². The molecule has 1 aromatic rings. The van der Waals surface area contributed by atoms with Crippen molar-refractivity contribution in [1.82, 2.24) is 0 Å². The van der Waals surface area contributed by atoms with Crippen LogP contribution in [0.3, 0.4) is 0 Å². The van der Waals surface area contributed by atoms with Gasteiger partial charge in [0.2, 0.25) is 0 Å². The molecule has 1 rings (SSSR count). The zero-order chi connectivity index (χ0) is 10.4. The first kappa shape index (κ1) is 11.2. The largest absolute Gasteiger partial charge is 0.304 e. The fourth-order valence-electron chi connectivity index (χ4n) is 1.49. The van der Waals surface area contributed by atoms with E-state index in [2.05, 4.69) is 43.0 Å². The molecule has 0 aliphatic carbocycles. The van der Waals surface area contributed by atoms with E-state index in [1.54, 1.807) is 0 Å². The van der Waals surface area contributed by atoms with Crippen LogP contribution in [0.2, 0.25) is 0 Å². The van der Waals surface area contributed by atoms with Gasteiger partial charge in [0.05, 0.1) is 6.61 Å². The Hall–Kier alpha value is -0.860. The molecule has 0 unspecified atom stereocenters. The van der Waals surface area contributed by atoms with Crippen molar-refractivity contribution in [2.75, 3.05) is 6.61 Å². The predicted molar refractivity (Wildman–Crippen MR) is 58.8 cm³/mol. The summed E-state index contributed by atoms with van der Waals surface area (Å²) in [6.45, 7) is 5.05. The minimum Gasteiger partial charge on any atom is -0.304 e. The van der Waals surface area contributed by atoms with Crippen LogP contribution >= 0.6 is 0 Å². The van der Waals surface area contributed by atoms with Gasteiger partial charge in [0.1, 0.15) is 0 Å². The lowest BCUT2D eigenvalue weighted by Crippen LogP contribution is -2.03. The van der Waals surface area contributed by atoms with Gasteiger partial charge >= 0.3 is 0 Å². The van der Waals surface area contributed by atoms with Crippen LogP contribution in [0.1, 0.15) is 25.0 Å². The SMILES string of the molecule is CC(C)Cc1ccc(CCON)cc1. The van der Waals surface area contributed by atoms with E-state index in [4.69, 9.17) is 5.90 Å². The summed E-state index contributed by atoms with van der Waals surface area (Å²) in [6.07, 6.45) is 2.03. The van der Waals surface area contributed by atoms with E-state index in [-0.39, 0.29) is 0 Å². The molecule has 0 aromatic heterocycles. The van der Waals surface area contributed by atoms with Gasteiger partial charge in [0.15, 0.2) is 0 Å². The molecule has 0 bridgehead atoms. The Kier molecular flexibility index (Phi) is 4.63. The molecular formula is C12H19NO. The van der Waals surface area contributed by atoms with Crippen molar-refractivity contribution in [3.8, 4) is 0 Å². The predicted octanol–water partition coefficient (Wildman–Crippen LogP) is 2.32. The summed E-state index contributed by atoms with van der Waals surface area (Å²) in [5.74, 6) is 5.69. The van der Waals surface area contributed by atoms with Crippen LogP contribution in [0, 0.1) is 5.92 Å². The zero-order valence-corrected chi connectivity index (χ0v) is 8.99. The quantitative estimate of drug-likeness (QED) is 0.728. The fourth-order valence-corrected chi connectivity index (χ4v) is 1.49. The van der Waals surface area contributed by atoms with Crippen LogP contribution in [0.15, 0.2) is 24.3 Å². The van der Waals surface area contributed by atoms with Crippen LogP contribution in [0.4, 0.5) is 0 Å². The third kappa shape index (κ3) is 3.90. The van der Waals surface area contributed by atoms with Gasteiger partial charge in [0.25, 0.3) is 0 Å². The number of hydrogen-bond donors (Lipinski definition) is 1. The number of nitrogens with two attached hydrogens (primary N) is 1. The van der Waals surface area contributed by atoms with Crippen LogP contribution in [0.5, 0.6) is 0 Å². The molecule has 78 valence electrons. The number of hydrogen-bond acceptors (Lipinski definition) is 2. The van der Waals surface area contributed by atoms with Crippen LogP contribution in [-0.2, 0) is 17.7 Å². The molecule has 0 radical (unpaired) electrons. The highest BCUT2D eigenvalue weighted by molar-refractivity contribution is 5.22. The average molecular weight is 193 g/mol. The normalized spacial score (nSPS) is 10.9. The molecule has 0 spiro atoms. The Morgan fingerprint density at radius 3 is 2.21 bits per heavy atom. The molecule has 2 nitrogen and oxygen atoms in total. The molecule has 0 aliphatic heterocycles. The minimum atomic E-state index is 0.587. The molecule has 1 aromatic carbocycles. The topological polar surface area (TPSA) is 35.2 Å². The van der Waals surface area contributed by atoms with Gasteiger partial charge in [-0.3, -0.25) is 0 Å². The minimum absolute atomic E-state index is 0.587. The maximum Gasteiger partial charge on any atom is 0.0719 e. The van der Waals surface area contributed by atoms with Crippen LogP contribution in [0.25, 0.3) is 0 Å². The van der Waals surface area contributed by atoms with Crippen LogP contribution < -0.4 is 5.90 Å². The van der Waals surface area contributed by atoms with Gasteiger partial charge in [0, 0.05) is 0 Å². The van der Waals surface area contributed by atoms with Crippen molar-refractivity contribution in [2.45, 2.75) is 26.7 Å². The van der Waals surface area contributed by atoms with E-state index < -0.39 is 0 Å². The van der Waals surface area contributed by atoms with Crippen molar-refractivity contribution < 1.29 is 4.84 Å². The van der Waals surface area contributed by atoms with Gasteiger partial charge in [-0.25, -0.2) is 5.90 Å². The maximum atomic E-state index is 4.97. The summed E-state index contributed by atoms with van der Waals surface area (Å²) in [5, 5.41) is 0. The van der Waals surface area contributed by atoms with Gasteiger partial charge in [-0.2, -0.15) is 0 Å². The van der Waals surface area contributed by atoms with Gasteiger partial charge in [-0.05, 0) is 29.9 Å². The highest BCUT2D eigenvalue weighted by atomic mass is 16.6. The third-order valence-corrected chi connectivity index (χ3v) is 2.18. The van der Waals surface area contributed by atoms with E-state index in [0.29, 0.717) is 12.5 Å². The van der Waals surface area contributed by atoms with Crippen molar-refractivity contribution in [3.63, 3.8) is 0 Å². The average Bonchev–Trinajstić information content (AvgIpc) is 2.16. The maximum absolute atomic E-state index is 4.97. The van der Waals surface area contributed by atoms with Gasteiger partial charge < -0.3 is 4.84 Å². The van der Waals surface area contributed by atoms with Crippen molar-refractivity contribution >= 4 is 0 Å². The summed E-state index contributed by atoms with van der Waals surface area (Å²) in [4.78, 5) is 4.54. The lowest BCUT2D eigenvalue weighted by Gasteiger charge is -2.06. The second kappa shape index (κ2) is 5.78. The first-order chi connectivity index (χ1) is 6.72. The molecule has 0 saturated carbocycles. The Morgan fingerprint density at radius 1 is 1.14 bits per heavy atom. The fraction of sp³-hybridized carbons (Fsp3) is 0.500. The van der Waals surface area contributed by atoms with E-state index in [1.807, 2.05) is 0 Å². The third-order valence-electron chi connectivity index (χ3n) is 2.18. The van der Waals surface area contributed by atoms with E-state index in [0.717, 1.165) is 12.8 Å². The first-order valence-corrected chi connectivity index (χ1v) is 5.12. The Bertz CT molecular complexity index is 254. The monoisotopic (exact) mass is 193 g/mol. The van der Waals surface area contributed by atoms with Crippen LogP contribution in [-0.4, -0.2) is 6.61 Å². The Morgan fingerprint density at radius 2 is 1.71 bits per heavy atom. The van der Waals surface area contributed by atoms with E-state index in [1.165, 1.54) is 11.1 Å². The van der Waals surface area contributed by atoms with Gasteiger partial charge in [-0.1, -0.05) is 38.1 Å². The summed E-state index contributed by atoms with van der Waals surface area (Å²) in [5.41, 5.74) is 2.68. The van der Waals surface area contributed by atoms with Gasteiger partial charge in [-0.15, -0.1) is 0 Å². The van der Waals surface area contributed by atoms with E-state index in [9.17, 15) is 0 Å². The van der Waals surface area contributed by atoms with E-state index >= 15 is 0 Å². The molecular weight excluding hydrogens is 174 g/mol. The number of rotatable bonds is 5. The Balaban J connectivity index is 2.50. The highest BCUT2D eigenvalue weighted by Gasteiger charge is 1.98. The molecule has 2 N–H and O–H groups in total. The first-order valence-electron chi connectivity index (χ1n) is 5.12.